The predicted molar refractivity (Wildman–Crippen MR) is 111 cm³/mol. The van der Waals surface area contributed by atoms with Gasteiger partial charge in [-0.2, -0.15) is 0 Å². The van der Waals surface area contributed by atoms with Crippen LogP contribution in [-0.2, 0) is 12.8 Å². The van der Waals surface area contributed by atoms with Crippen LogP contribution < -0.4 is 11.5 Å². The lowest BCUT2D eigenvalue weighted by molar-refractivity contribution is 0.645. The first kappa shape index (κ1) is 19.4. The van der Waals surface area contributed by atoms with E-state index in [0.717, 1.165) is 30.6 Å². The first-order chi connectivity index (χ1) is 11.8. The van der Waals surface area contributed by atoms with E-state index in [2.05, 4.69) is 71.0 Å². The molecule has 2 heteroatoms. The second-order valence-electron chi connectivity index (χ2n) is 8.07. The highest BCUT2D eigenvalue weighted by Gasteiger charge is 2.16. The second kappa shape index (κ2) is 8.42. The Morgan fingerprint density at radius 2 is 1.12 bits per heavy atom. The molecule has 0 heterocycles. The minimum atomic E-state index is 0.387. The maximum absolute atomic E-state index is 6.20. The standard InChI is InChI=1S/C23H34N2/c1-6-21(17-7-9-22(24)19(13-17)11-15(2)3)18-8-10-23(25)20(14-18)12-16(4)5/h7-10,13-16,21H,6,11-12,24-25H2,1-5H3. The van der Waals surface area contributed by atoms with E-state index < -0.39 is 0 Å². The Morgan fingerprint density at radius 3 is 1.44 bits per heavy atom. The van der Waals surface area contributed by atoms with Crippen molar-refractivity contribution in [2.75, 3.05) is 11.5 Å². The fourth-order valence-electron chi connectivity index (χ4n) is 3.58. The average molecular weight is 339 g/mol. The third-order valence-electron chi connectivity index (χ3n) is 4.80. The van der Waals surface area contributed by atoms with E-state index in [-0.39, 0.29) is 0 Å². The monoisotopic (exact) mass is 338 g/mol. The van der Waals surface area contributed by atoms with Gasteiger partial charge in [-0.25, -0.2) is 0 Å². The van der Waals surface area contributed by atoms with Crippen LogP contribution in [0.15, 0.2) is 36.4 Å². The zero-order chi connectivity index (χ0) is 18.6. The molecule has 2 aromatic carbocycles. The fraction of sp³-hybridized carbons (Fsp3) is 0.478. The lowest BCUT2D eigenvalue weighted by Crippen LogP contribution is -2.06. The Bertz CT molecular complexity index is 642. The van der Waals surface area contributed by atoms with Gasteiger partial charge in [0.15, 0.2) is 0 Å². The number of rotatable bonds is 7. The van der Waals surface area contributed by atoms with Crippen LogP contribution in [0, 0.1) is 11.8 Å². The van der Waals surface area contributed by atoms with Crippen LogP contribution in [0.2, 0.25) is 0 Å². The third kappa shape index (κ3) is 5.01. The number of benzene rings is 2. The lowest BCUT2D eigenvalue weighted by Gasteiger charge is -2.20. The van der Waals surface area contributed by atoms with Crippen molar-refractivity contribution in [3.8, 4) is 0 Å². The molecule has 0 aliphatic carbocycles. The Morgan fingerprint density at radius 1 is 0.720 bits per heavy atom. The summed E-state index contributed by atoms with van der Waals surface area (Å²) in [6, 6.07) is 13.1. The molecule has 0 amide bonds. The predicted octanol–water partition coefficient (Wildman–Crippen LogP) is 5.79. The van der Waals surface area contributed by atoms with Gasteiger partial charge in [-0.15, -0.1) is 0 Å². The molecule has 0 aromatic heterocycles. The minimum Gasteiger partial charge on any atom is -0.399 e. The summed E-state index contributed by atoms with van der Waals surface area (Å²) in [5.74, 6) is 1.59. The van der Waals surface area contributed by atoms with Crippen LogP contribution in [0.5, 0.6) is 0 Å². The van der Waals surface area contributed by atoms with Gasteiger partial charge in [0.2, 0.25) is 0 Å². The number of hydrogen-bond donors (Lipinski definition) is 2. The van der Waals surface area contributed by atoms with Crippen molar-refractivity contribution in [2.45, 2.75) is 59.8 Å². The Balaban J connectivity index is 2.39. The lowest BCUT2D eigenvalue weighted by atomic mass is 9.85. The van der Waals surface area contributed by atoms with Crippen molar-refractivity contribution in [3.05, 3.63) is 58.7 Å². The second-order valence-corrected chi connectivity index (χ2v) is 8.07. The van der Waals surface area contributed by atoms with Gasteiger partial charge in [-0.05, 0) is 65.5 Å². The number of nitrogens with two attached hydrogens (primary N) is 2. The van der Waals surface area contributed by atoms with E-state index in [1.54, 1.807) is 0 Å². The molecule has 0 aliphatic rings. The number of nitrogen functional groups attached to an aromatic ring is 2. The first-order valence-corrected chi connectivity index (χ1v) is 9.58. The topological polar surface area (TPSA) is 52.0 Å². The van der Waals surface area contributed by atoms with Gasteiger partial charge in [0, 0.05) is 17.3 Å². The Kier molecular flexibility index (Phi) is 6.52. The molecule has 25 heavy (non-hydrogen) atoms. The number of hydrogen-bond acceptors (Lipinski definition) is 2. The van der Waals surface area contributed by atoms with Gasteiger partial charge < -0.3 is 11.5 Å². The van der Waals surface area contributed by atoms with Crippen LogP contribution in [0.4, 0.5) is 11.4 Å². The van der Waals surface area contributed by atoms with Crippen LogP contribution in [-0.4, -0.2) is 0 Å². The zero-order valence-corrected chi connectivity index (χ0v) is 16.5. The molecule has 0 atom stereocenters. The highest BCUT2D eigenvalue weighted by atomic mass is 14.6. The Hall–Kier alpha value is -1.96. The van der Waals surface area contributed by atoms with Gasteiger partial charge in [-0.1, -0.05) is 58.9 Å². The van der Waals surface area contributed by atoms with Gasteiger partial charge in [0.1, 0.15) is 0 Å². The van der Waals surface area contributed by atoms with Gasteiger partial charge >= 0.3 is 0 Å². The molecule has 2 aromatic rings. The highest BCUT2D eigenvalue weighted by Crippen LogP contribution is 2.32. The van der Waals surface area contributed by atoms with Gasteiger partial charge in [0.25, 0.3) is 0 Å². The summed E-state index contributed by atoms with van der Waals surface area (Å²) >= 11 is 0. The summed E-state index contributed by atoms with van der Waals surface area (Å²) in [6.07, 6.45) is 3.11. The first-order valence-electron chi connectivity index (χ1n) is 9.58. The van der Waals surface area contributed by atoms with E-state index in [1.165, 1.54) is 22.3 Å². The van der Waals surface area contributed by atoms with Gasteiger partial charge in [-0.3, -0.25) is 0 Å². The smallest absolute Gasteiger partial charge is 0.0346 e. The summed E-state index contributed by atoms with van der Waals surface area (Å²) < 4.78 is 0. The van der Waals surface area contributed by atoms with Crippen molar-refractivity contribution in [1.82, 2.24) is 0 Å². The summed E-state index contributed by atoms with van der Waals surface area (Å²) in [5, 5.41) is 0. The molecule has 4 N–H and O–H groups in total. The minimum absolute atomic E-state index is 0.387. The van der Waals surface area contributed by atoms with Crippen molar-refractivity contribution >= 4 is 11.4 Å². The molecule has 0 bridgehead atoms. The molecule has 2 nitrogen and oxygen atoms in total. The molecule has 2 rings (SSSR count). The Labute approximate surface area is 153 Å². The highest BCUT2D eigenvalue weighted by molar-refractivity contribution is 5.53. The molecule has 136 valence electrons. The molecule has 0 saturated carbocycles. The zero-order valence-electron chi connectivity index (χ0n) is 16.5. The molecule has 0 radical (unpaired) electrons. The SMILES string of the molecule is CCC(c1ccc(N)c(CC(C)C)c1)c1ccc(N)c(CC(C)C)c1. The van der Waals surface area contributed by atoms with Crippen molar-refractivity contribution in [3.63, 3.8) is 0 Å². The average Bonchev–Trinajstić information content (AvgIpc) is 2.53. The van der Waals surface area contributed by atoms with E-state index in [4.69, 9.17) is 11.5 Å². The maximum atomic E-state index is 6.20. The fourth-order valence-corrected chi connectivity index (χ4v) is 3.58. The summed E-state index contributed by atoms with van der Waals surface area (Å²) in [5.41, 5.74) is 19.5. The largest absolute Gasteiger partial charge is 0.399 e. The normalized spacial score (nSPS) is 11.7. The van der Waals surface area contributed by atoms with E-state index >= 15 is 0 Å². The van der Waals surface area contributed by atoms with Crippen molar-refractivity contribution < 1.29 is 0 Å². The van der Waals surface area contributed by atoms with Crippen molar-refractivity contribution in [2.24, 2.45) is 11.8 Å². The molecular formula is C23H34N2. The van der Waals surface area contributed by atoms with E-state index in [0.29, 0.717) is 17.8 Å². The van der Waals surface area contributed by atoms with E-state index in [1.807, 2.05) is 0 Å². The molecule has 0 unspecified atom stereocenters. The molecular weight excluding hydrogens is 304 g/mol. The van der Waals surface area contributed by atoms with Crippen LogP contribution in [0.3, 0.4) is 0 Å². The third-order valence-corrected chi connectivity index (χ3v) is 4.80. The number of anilines is 2. The van der Waals surface area contributed by atoms with Crippen LogP contribution >= 0.6 is 0 Å². The maximum Gasteiger partial charge on any atom is 0.0346 e. The molecule has 0 spiro atoms. The summed E-state index contributed by atoms with van der Waals surface area (Å²) in [7, 11) is 0. The van der Waals surface area contributed by atoms with Crippen LogP contribution in [0.1, 0.15) is 69.2 Å². The molecule has 0 aliphatic heterocycles. The molecule has 0 saturated heterocycles. The summed E-state index contributed by atoms with van der Waals surface area (Å²) in [4.78, 5) is 0. The molecule has 0 fully saturated rings. The van der Waals surface area contributed by atoms with Crippen molar-refractivity contribution in [1.29, 1.82) is 0 Å². The quantitative estimate of drug-likeness (QED) is 0.628. The van der Waals surface area contributed by atoms with Crippen LogP contribution in [0.25, 0.3) is 0 Å². The summed E-state index contributed by atoms with van der Waals surface area (Å²) in [6.45, 7) is 11.2. The van der Waals surface area contributed by atoms with E-state index in [9.17, 15) is 0 Å². The van der Waals surface area contributed by atoms with Gasteiger partial charge in [0.05, 0.1) is 0 Å².